The molecule has 0 aliphatic carbocycles. The zero-order valence-electron chi connectivity index (χ0n) is 13.9. The molecule has 1 aliphatic heterocycles. The minimum atomic E-state index is -0.403. The van der Waals surface area contributed by atoms with E-state index < -0.39 is 5.82 Å². The smallest absolute Gasteiger partial charge is 0.244 e. The third kappa shape index (κ3) is 3.33. The van der Waals surface area contributed by atoms with Crippen molar-refractivity contribution in [2.75, 3.05) is 31.6 Å². The Hall–Kier alpha value is -3.07. The number of anilines is 2. The molecule has 2 aromatic heterocycles. The standard InChI is InChI=1S/C17H17FN6O2/c18-14-3-1-2-13-16(14)19-11-20-17(13)22-12-8-21-24(9-12)10-15(25)23-4-6-26-7-5-23/h1-3,8-9,11H,4-7,10H2,(H,19,20,22). The van der Waals surface area contributed by atoms with E-state index in [9.17, 15) is 9.18 Å². The van der Waals surface area contributed by atoms with Crippen molar-refractivity contribution in [3.8, 4) is 0 Å². The number of para-hydroxylation sites is 1. The highest BCUT2D eigenvalue weighted by Gasteiger charge is 2.17. The first kappa shape index (κ1) is 16.4. The number of benzene rings is 1. The van der Waals surface area contributed by atoms with Gasteiger partial charge in [0.15, 0.2) is 0 Å². The number of carbonyl (C=O) groups is 1. The second-order valence-corrected chi connectivity index (χ2v) is 5.90. The number of nitrogens with zero attached hydrogens (tertiary/aromatic N) is 5. The highest BCUT2D eigenvalue weighted by atomic mass is 19.1. The maximum atomic E-state index is 13.8. The van der Waals surface area contributed by atoms with Gasteiger partial charge in [-0.3, -0.25) is 9.48 Å². The van der Waals surface area contributed by atoms with Gasteiger partial charge in [0.2, 0.25) is 5.91 Å². The topological polar surface area (TPSA) is 85.2 Å². The summed E-state index contributed by atoms with van der Waals surface area (Å²) < 4.78 is 20.7. The van der Waals surface area contributed by atoms with E-state index in [1.54, 1.807) is 34.1 Å². The Bertz CT molecular complexity index is 938. The maximum Gasteiger partial charge on any atom is 0.244 e. The fourth-order valence-electron chi connectivity index (χ4n) is 2.85. The molecule has 9 heteroatoms. The first-order chi connectivity index (χ1) is 12.7. The number of ether oxygens (including phenoxy) is 1. The fourth-order valence-corrected chi connectivity index (χ4v) is 2.85. The average Bonchev–Trinajstić information content (AvgIpc) is 3.10. The number of rotatable bonds is 4. The lowest BCUT2D eigenvalue weighted by Crippen LogP contribution is -2.42. The molecule has 0 radical (unpaired) electrons. The Balaban J connectivity index is 1.49. The van der Waals surface area contributed by atoms with Crippen LogP contribution < -0.4 is 5.32 Å². The number of morpholine rings is 1. The Labute approximate surface area is 148 Å². The minimum Gasteiger partial charge on any atom is -0.378 e. The largest absolute Gasteiger partial charge is 0.378 e. The molecule has 1 fully saturated rings. The lowest BCUT2D eigenvalue weighted by Gasteiger charge is -2.26. The second kappa shape index (κ2) is 7.04. The van der Waals surface area contributed by atoms with Gasteiger partial charge >= 0.3 is 0 Å². The molecule has 1 saturated heterocycles. The van der Waals surface area contributed by atoms with Crippen molar-refractivity contribution in [2.24, 2.45) is 0 Å². The van der Waals surface area contributed by atoms with Crippen molar-refractivity contribution in [2.45, 2.75) is 6.54 Å². The summed E-state index contributed by atoms with van der Waals surface area (Å²) in [5.74, 6) is 0.0748. The summed E-state index contributed by atoms with van der Waals surface area (Å²) in [5.41, 5.74) is 0.906. The summed E-state index contributed by atoms with van der Waals surface area (Å²) >= 11 is 0. The molecule has 3 aromatic rings. The summed E-state index contributed by atoms with van der Waals surface area (Å²) in [7, 11) is 0. The molecular formula is C17H17FN6O2. The summed E-state index contributed by atoms with van der Waals surface area (Å²) in [6.45, 7) is 2.48. The van der Waals surface area contributed by atoms with E-state index in [1.807, 2.05) is 0 Å². The molecule has 1 aromatic carbocycles. The Kier molecular flexibility index (Phi) is 4.44. The van der Waals surface area contributed by atoms with Crippen LogP contribution in [-0.4, -0.2) is 56.9 Å². The van der Waals surface area contributed by atoms with Crippen molar-refractivity contribution < 1.29 is 13.9 Å². The van der Waals surface area contributed by atoms with Gasteiger partial charge in [-0.15, -0.1) is 0 Å². The van der Waals surface area contributed by atoms with Gasteiger partial charge in [-0.05, 0) is 12.1 Å². The van der Waals surface area contributed by atoms with E-state index in [2.05, 4.69) is 20.4 Å². The van der Waals surface area contributed by atoms with E-state index in [-0.39, 0.29) is 18.0 Å². The lowest BCUT2D eigenvalue weighted by molar-refractivity contribution is -0.136. The predicted molar refractivity (Wildman–Crippen MR) is 92.4 cm³/mol. The number of carbonyl (C=O) groups excluding carboxylic acids is 1. The van der Waals surface area contributed by atoms with Crippen LogP contribution in [0.1, 0.15) is 0 Å². The van der Waals surface area contributed by atoms with Crippen LogP contribution in [-0.2, 0) is 16.1 Å². The van der Waals surface area contributed by atoms with Crippen LogP contribution in [0.25, 0.3) is 10.9 Å². The highest BCUT2D eigenvalue weighted by Crippen LogP contribution is 2.24. The van der Waals surface area contributed by atoms with Gasteiger partial charge in [-0.2, -0.15) is 5.10 Å². The van der Waals surface area contributed by atoms with Crippen molar-refractivity contribution in [3.05, 3.63) is 42.7 Å². The predicted octanol–water partition coefficient (Wildman–Crippen LogP) is 1.57. The van der Waals surface area contributed by atoms with E-state index in [0.29, 0.717) is 43.2 Å². The Morgan fingerprint density at radius 3 is 2.96 bits per heavy atom. The van der Waals surface area contributed by atoms with Gasteiger partial charge in [0.05, 0.1) is 25.1 Å². The molecule has 0 atom stereocenters. The summed E-state index contributed by atoms with van der Waals surface area (Å²) in [6, 6.07) is 4.71. The first-order valence-electron chi connectivity index (χ1n) is 8.25. The van der Waals surface area contributed by atoms with E-state index >= 15 is 0 Å². The molecule has 3 heterocycles. The number of nitrogens with one attached hydrogen (secondary N) is 1. The van der Waals surface area contributed by atoms with Crippen LogP contribution in [0.5, 0.6) is 0 Å². The number of amides is 1. The van der Waals surface area contributed by atoms with Crippen molar-refractivity contribution in [1.29, 1.82) is 0 Å². The van der Waals surface area contributed by atoms with Crippen LogP contribution in [0.2, 0.25) is 0 Å². The van der Waals surface area contributed by atoms with Gasteiger partial charge in [0.25, 0.3) is 0 Å². The Morgan fingerprint density at radius 1 is 1.27 bits per heavy atom. The van der Waals surface area contributed by atoms with Crippen LogP contribution in [0.3, 0.4) is 0 Å². The number of halogens is 1. The molecule has 0 unspecified atom stereocenters. The molecule has 1 aliphatic rings. The summed E-state index contributed by atoms with van der Waals surface area (Å²) in [4.78, 5) is 22.2. The third-order valence-corrected chi connectivity index (χ3v) is 4.17. The molecule has 1 amide bonds. The minimum absolute atomic E-state index is 0.00231. The van der Waals surface area contributed by atoms with Crippen molar-refractivity contribution >= 4 is 28.3 Å². The Morgan fingerprint density at radius 2 is 2.12 bits per heavy atom. The molecule has 0 bridgehead atoms. The maximum absolute atomic E-state index is 13.8. The quantitative estimate of drug-likeness (QED) is 0.764. The lowest BCUT2D eigenvalue weighted by atomic mass is 10.2. The third-order valence-electron chi connectivity index (χ3n) is 4.17. The van der Waals surface area contributed by atoms with Gasteiger partial charge in [-0.25, -0.2) is 14.4 Å². The zero-order valence-corrected chi connectivity index (χ0v) is 13.9. The molecule has 4 rings (SSSR count). The number of hydrogen-bond donors (Lipinski definition) is 1. The molecular weight excluding hydrogens is 339 g/mol. The molecule has 134 valence electrons. The van der Waals surface area contributed by atoms with E-state index in [4.69, 9.17) is 4.74 Å². The fraction of sp³-hybridized carbons (Fsp3) is 0.294. The van der Waals surface area contributed by atoms with Crippen molar-refractivity contribution in [3.63, 3.8) is 0 Å². The first-order valence-corrected chi connectivity index (χ1v) is 8.25. The monoisotopic (exact) mass is 356 g/mol. The SMILES string of the molecule is O=C(Cn1cc(Nc2ncnc3c(F)cccc23)cn1)N1CCOCC1. The van der Waals surface area contributed by atoms with Gasteiger partial charge in [0.1, 0.15) is 30.0 Å². The van der Waals surface area contributed by atoms with E-state index in [1.165, 1.54) is 12.4 Å². The second-order valence-electron chi connectivity index (χ2n) is 5.90. The normalized spacial score (nSPS) is 14.6. The zero-order chi connectivity index (χ0) is 17.9. The average molecular weight is 356 g/mol. The number of hydrogen-bond acceptors (Lipinski definition) is 6. The summed E-state index contributed by atoms with van der Waals surface area (Å²) in [5, 5.41) is 7.88. The molecule has 8 nitrogen and oxygen atoms in total. The number of aromatic nitrogens is 4. The number of fused-ring (bicyclic) bond motifs is 1. The van der Waals surface area contributed by atoms with Crippen LogP contribution >= 0.6 is 0 Å². The van der Waals surface area contributed by atoms with Crippen molar-refractivity contribution in [1.82, 2.24) is 24.6 Å². The molecule has 26 heavy (non-hydrogen) atoms. The van der Waals surface area contributed by atoms with Gasteiger partial charge in [-0.1, -0.05) is 6.07 Å². The van der Waals surface area contributed by atoms with Gasteiger partial charge < -0.3 is 15.0 Å². The highest BCUT2D eigenvalue weighted by molar-refractivity contribution is 5.90. The van der Waals surface area contributed by atoms with Crippen LogP contribution in [0.15, 0.2) is 36.9 Å². The van der Waals surface area contributed by atoms with Crippen LogP contribution in [0, 0.1) is 5.82 Å². The van der Waals surface area contributed by atoms with E-state index in [0.717, 1.165) is 0 Å². The summed E-state index contributed by atoms with van der Waals surface area (Å²) in [6.07, 6.45) is 4.62. The van der Waals surface area contributed by atoms with Crippen LogP contribution in [0.4, 0.5) is 15.9 Å². The molecule has 1 N–H and O–H groups in total. The van der Waals surface area contributed by atoms with Gasteiger partial charge in [0, 0.05) is 24.7 Å². The molecule has 0 spiro atoms. The molecule has 0 saturated carbocycles.